The first-order chi connectivity index (χ1) is 7.77. The summed E-state index contributed by atoms with van der Waals surface area (Å²) in [5, 5.41) is 18.9. The molecule has 0 saturated heterocycles. The van der Waals surface area contributed by atoms with Gasteiger partial charge in [-0.3, -0.25) is 5.10 Å². The molecule has 1 aromatic heterocycles. The van der Waals surface area contributed by atoms with E-state index in [1.165, 1.54) is 11.8 Å². The van der Waals surface area contributed by atoms with Crippen LogP contribution >= 0.6 is 11.8 Å². The van der Waals surface area contributed by atoms with E-state index in [4.69, 9.17) is 5.11 Å². The zero-order valence-corrected chi connectivity index (χ0v) is 9.07. The van der Waals surface area contributed by atoms with Gasteiger partial charge in [-0.15, -0.1) is 5.10 Å². The van der Waals surface area contributed by atoms with Crippen molar-refractivity contribution in [2.45, 2.75) is 10.8 Å². The molecule has 0 saturated carbocycles. The number of nitrogens with zero attached hydrogens (tertiary/aromatic N) is 2. The van der Waals surface area contributed by atoms with Gasteiger partial charge in [-0.2, -0.15) is 0 Å². The van der Waals surface area contributed by atoms with Gasteiger partial charge in [0.15, 0.2) is 0 Å². The normalized spacial score (nSPS) is 10.2. The monoisotopic (exact) mass is 235 g/mol. The molecule has 0 radical (unpaired) electrons. The van der Waals surface area contributed by atoms with Gasteiger partial charge in [0, 0.05) is 5.75 Å². The quantitative estimate of drug-likeness (QED) is 0.790. The minimum Gasteiger partial charge on any atom is -0.476 e. The lowest BCUT2D eigenvalue weighted by atomic mass is 10.2. The van der Waals surface area contributed by atoms with Crippen LogP contribution in [0.25, 0.3) is 0 Å². The lowest BCUT2D eigenvalue weighted by Crippen LogP contribution is -1.98. The van der Waals surface area contributed by atoms with E-state index in [0.29, 0.717) is 10.8 Å². The zero-order chi connectivity index (χ0) is 11.4. The number of carboxylic acids is 1. The number of nitrogens with one attached hydrogen (secondary N) is 1. The summed E-state index contributed by atoms with van der Waals surface area (Å²) >= 11 is 1.37. The summed E-state index contributed by atoms with van der Waals surface area (Å²) in [5.74, 6) is -0.380. The number of hydrogen-bond donors (Lipinski definition) is 2. The molecule has 0 unspecified atom stereocenters. The fourth-order valence-electron chi connectivity index (χ4n) is 1.19. The molecule has 2 rings (SSSR count). The lowest BCUT2D eigenvalue weighted by Gasteiger charge is -1.99. The Morgan fingerprint density at radius 3 is 2.81 bits per heavy atom. The third kappa shape index (κ3) is 2.40. The predicted octanol–water partition coefficient (Wildman–Crippen LogP) is 1.80. The Labute approximate surface area is 95.9 Å². The number of benzene rings is 1. The molecule has 0 aliphatic rings. The van der Waals surface area contributed by atoms with Crippen molar-refractivity contribution in [2.75, 3.05) is 0 Å². The molecule has 0 spiro atoms. The molecule has 2 N–H and O–H groups in total. The molecule has 0 amide bonds. The van der Waals surface area contributed by atoms with Gasteiger partial charge in [-0.25, -0.2) is 4.79 Å². The Kier molecular flexibility index (Phi) is 3.21. The van der Waals surface area contributed by atoms with Gasteiger partial charge in [-0.1, -0.05) is 47.3 Å². The molecule has 82 valence electrons. The fourth-order valence-corrected chi connectivity index (χ4v) is 2.06. The highest BCUT2D eigenvalue weighted by atomic mass is 32.2. The van der Waals surface area contributed by atoms with E-state index in [-0.39, 0.29) is 5.69 Å². The maximum absolute atomic E-state index is 10.8. The van der Waals surface area contributed by atoms with Crippen molar-refractivity contribution in [3.8, 4) is 0 Å². The number of aromatic nitrogens is 3. The number of thioether (sulfide) groups is 1. The van der Waals surface area contributed by atoms with Gasteiger partial charge in [0.1, 0.15) is 5.03 Å². The molecule has 5 nitrogen and oxygen atoms in total. The lowest BCUT2D eigenvalue weighted by molar-refractivity contribution is 0.0686. The Morgan fingerprint density at radius 2 is 2.12 bits per heavy atom. The first-order valence-corrected chi connectivity index (χ1v) is 5.57. The van der Waals surface area contributed by atoms with E-state index in [0.717, 1.165) is 5.56 Å². The van der Waals surface area contributed by atoms with E-state index in [1.54, 1.807) is 0 Å². The van der Waals surface area contributed by atoms with Crippen molar-refractivity contribution in [3.05, 3.63) is 41.6 Å². The third-order valence-corrected chi connectivity index (χ3v) is 3.00. The highest BCUT2D eigenvalue weighted by molar-refractivity contribution is 7.98. The van der Waals surface area contributed by atoms with Crippen molar-refractivity contribution >= 4 is 17.7 Å². The Balaban J connectivity index is 2.05. The van der Waals surface area contributed by atoms with Gasteiger partial charge in [-0.05, 0) is 5.56 Å². The molecule has 0 bridgehead atoms. The highest BCUT2D eigenvalue weighted by Gasteiger charge is 2.14. The number of carboxylic acid groups (broad SMARTS) is 1. The molecular formula is C10H9N3O2S. The smallest absolute Gasteiger partial charge is 0.359 e. The van der Waals surface area contributed by atoms with Gasteiger partial charge in [0.25, 0.3) is 0 Å². The molecular weight excluding hydrogens is 226 g/mol. The van der Waals surface area contributed by atoms with Crippen LogP contribution in [0.3, 0.4) is 0 Å². The number of aromatic amines is 1. The Morgan fingerprint density at radius 1 is 1.38 bits per heavy atom. The topological polar surface area (TPSA) is 78.9 Å². The summed E-state index contributed by atoms with van der Waals surface area (Å²) in [7, 11) is 0. The Bertz CT molecular complexity index is 484. The molecule has 0 atom stereocenters. The maximum Gasteiger partial charge on any atom is 0.359 e. The average molecular weight is 235 g/mol. The van der Waals surface area contributed by atoms with Crippen LogP contribution < -0.4 is 0 Å². The summed E-state index contributed by atoms with van der Waals surface area (Å²) < 4.78 is 0. The number of H-pyrrole nitrogens is 1. The molecule has 1 aromatic carbocycles. The van der Waals surface area contributed by atoms with Crippen molar-refractivity contribution in [1.29, 1.82) is 0 Å². The van der Waals surface area contributed by atoms with Crippen LogP contribution in [0.2, 0.25) is 0 Å². The molecule has 0 aliphatic carbocycles. The van der Waals surface area contributed by atoms with Crippen molar-refractivity contribution < 1.29 is 9.90 Å². The molecule has 16 heavy (non-hydrogen) atoms. The number of aromatic carboxylic acids is 1. The van der Waals surface area contributed by atoms with E-state index >= 15 is 0 Å². The summed E-state index contributed by atoms with van der Waals surface area (Å²) in [6.07, 6.45) is 0. The van der Waals surface area contributed by atoms with E-state index < -0.39 is 5.97 Å². The summed E-state index contributed by atoms with van der Waals surface area (Å²) in [5.41, 5.74) is 1.10. The first-order valence-electron chi connectivity index (χ1n) is 4.58. The van der Waals surface area contributed by atoms with Gasteiger partial charge < -0.3 is 5.11 Å². The minimum atomic E-state index is -1.07. The van der Waals surface area contributed by atoms with Crippen LogP contribution in [0.5, 0.6) is 0 Å². The maximum atomic E-state index is 10.8. The fraction of sp³-hybridized carbons (Fsp3) is 0.100. The van der Waals surface area contributed by atoms with Crippen molar-refractivity contribution in [2.24, 2.45) is 0 Å². The number of carbonyl (C=O) groups is 1. The SMILES string of the molecule is O=C(O)c1nn[nH]c1SCc1ccccc1. The average Bonchev–Trinajstić information content (AvgIpc) is 2.76. The predicted molar refractivity (Wildman–Crippen MR) is 59.3 cm³/mol. The van der Waals surface area contributed by atoms with Crippen LogP contribution in [-0.2, 0) is 5.75 Å². The molecule has 0 aliphatic heterocycles. The van der Waals surface area contributed by atoms with E-state index in [1.807, 2.05) is 30.3 Å². The van der Waals surface area contributed by atoms with Gasteiger partial charge in [0.2, 0.25) is 5.69 Å². The molecule has 0 fully saturated rings. The second-order valence-corrected chi connectivity index (χ2v) is 4.05. The zero-order valence-electron chi connectivity index (χ0n) is 8.25. The summed E-state index contributed by atoms with van der Waals surface area (Å²) in [4.78, 5) is 10.8. The summed E-state index contributed by atoms with van der Waals surface area (Å²) in [6.45, 7) is 0. The van der Waals surface area contributed by atoms with Gasteiger partial charge in [0.05, 0.1) is 0 Å². The number of rotatable bonds is 4. The van der Waals surface area contributed by atoms with Crippen LogP contribution in [0.15, 0.2) is 35.4 Å². The Hall–Kier alpha value is -1.82. The second-order valence-electron chi connectivity index (χ2n) is 3.07. The van der Waals surface area contributed by atoms with Crippen molar-refractivity contribution in [1.82, 2.24) is 15.4 Å². The van der Waals surface area contributed by atoms with Gasteiger partial charge >= 0.3 is 5.97 Å². The highest BCUT2D eigenvalue weighted by Crippen LogP contribution is 2.22. The molecule has 2 aromatic rings. The standard InChI is InChI=1S/C10H9N3O2S/c14-10(15)8-9(12-13-11-8)16-6-7-4-2-1-3-5-7/h1-5H,6H2,(H,14,15)(H,11,12,13). The minimum absolute atomic E-state index is 0.0269. The largest absolute Gasteiger partial charge is 0.476 e. The molecule has 1 heterocycles. The van der Waals surface area contributed by atoms with Crippen LogP contribution in [0.1, 0.15) is 16.1 Å². The third-order valence-electron chi connectivity index (χ3n) is 1.95. The summed E-state index contributed by atoms with van der Waals surface area (Å²) in [6, 6.07) is 9.79. The number of hydrogen-bond acceptors (Lipinski definition) is 4. The molecule has 6 heteroatoms. The van der Waals surface area contributed by atoms with Crippen LogP contribution in [-0.4, -0.2) is 26.5 Å². The van der Waals surface area contributed by atoms with Crippen LogP contribution in [0.4, 0.5) is 0 Å². The van der Waals surface area contributed by atoms with Crippen molar-refractivity contribution in [3.63, 3.8) is 0 Å². The van der Waals surface area contributed by atoms with Crippen LogP contribution in [0, 0.1) is 0 Å². The van der Waals surface area contributed by atoms with E-state index in [2.05, 4.69) is 15.4 Å². The second kappa shape index (κ2) is 4.80. The van der Waals surface area contributed by atoms with E-state index in [9.17, 15) is 4.79 Å². The first kappa shape index (κ1) is 10.7.